The van der Waals surface area contributed by atoms with Gasteiger partial charge < -0.3 is 5.73 Å². The van der Waals surface area contributed by atoms with Gasteiger partial charge in [0.2, 0.25) is 0 Å². The SMILES string of the molecule is CC1(C)CCCC1n1nnnc1-c1ccccc1N. The first-order valence-electron chi connectivity index (χ1n) is 6.72. The number of nitrogens with two attached hydrogens (primary N) is 1. The van der Waals surface area contributed by atoms with E-state index in [0.29, 0.717) is 11.7 Å². The van der Waals surface area contributed by atoms with E-state index in [4.69, 9.17) is 5.73 Å². The quantitative estimate of drug-likeness (QED) is 0.840. The van der Waals surface area contributed by atoms with Crippen molar-refractivity contribution in [1.82, 2.24) is 20.2 Å². The molecule has 1 aromatic heterocycles. The first kappa shape index (κ1) is 12.1. The number of aromatic nitrogens is 4. The summed E-state index contributed by atoms with van der Waals surface area (Å²) < 4.78 is 1.96. The van der Waals surface area contributed by atoms with Crippen LogP contribution in [-0.4, -0.2) is 20.2 Å². The molecule has 5 heteroatoms. The molecule has 19 heavy (non-hydrogen) atoms. The van der Waals surface area contributed by atoms with Crippen molar-refractivity contribution < 1.29 is 0 Å². The molecule has 5 nitrogen and oxygen atoms in total. The number of hydrogen-bond donors (Lipinski definition) is 1. The second-order valence-electron chi connectivity index (χ2n) is 5.93. The van der Waals surface area contributed by atoms with E-state index in [1.54, 1.807) is 0 Å². The van der Waals surface area contributed by atoms with Crippen molar-refractivity contribution in [2.75, 3.05) is 5.73 Å². The molecular weight excluding hydrogens is 238 g/mol. The van der Waals surface area contributed by atoms with Crippen LogP contribution in [0.25, 0.3) is 11.4 Å². The Morgan fingerprint density at radius 1 is 1.32 bits per heavy atom. The fourth-order valence-corrected chi connectivity index (χ4v) is 3.04. The number of benzene rings is 1. The van der Waals surface area contributed by atoms with Gasteiger partial charge in [0, 0.05) is 11.3 Å². The highest BCUT2D eigenvalue weighted by Gasteiger charge is 2.38. The van der Waals surface area contributed by atoms with Gasteiger partial charge in [-0.15, -0.1) is 5.10 Å². The summed E-state index contributed by atoms with van der Waals surface area (Å²) in [5.74, 6) is 0.776. The largest absolute Gasteiger partial charge is 0.398 e. The highest BCUT2D eigenvalue weighted by atomic mass is 15.6. The van der Waals surface area contributed by atoms with E-state index in [1.165, 1.54) is 12.8 Å². The zero-order valence-electron chi connectivity index (χ0n) is 11.4. The minimum atomic E-state index is 0.230. The van der Waals surface area contributed by atoms with Crippen molar-refractivity contribution in [3.63, 3.8) is 0 Å². The monoisotopic (exact) mass is 257 g/mol. The summed E-state index contributed by atoms with van der Waals surface area (Å²) in [6, 6.07) is 8.09. The van der Waals surface area contributed by atoms with Gasteiger partial charge in [0.05, 0.1) is 6.04 Å². The van der Waals surface area contributed by atoms with Crippen LogP contribution in [-0.2, 0) is 0 Å². The lowest BCUT2D eigenvalue weighted by Gasteiger charge is -2.27. The normalized spacial score (nSPS) is 21.7. The number of para-hydroxylation sites is 1. The van der Waals surface area contributed by atoms with Gasteiger partial charge in [-0.05, 0) is 40.8 Å². The van der Waals surface area contributed by atoms with Crippen LogP contribution in [0.1, 0.15) is 39.2 Å². The Balaban J connectivity index is 2.07. The van der Waals surface area contributed by atoms with E-state index in [2.05, 4.69) is 29.4 Å². The van der Waals surface area contributed by atoms with Crippen molar-refractivity contribution in [3.8, 4) is 11.4 Å². The molecule has 0 bridgehead atoms. The molecule has 1 aliphatic carbocycles. The fourth-order valence-electron chi connectivity index (χ4n) is 3.04. The molecule has 0 saturated heterocycles. The maximum atomic E-state index is 6.04. The molecule has 1 saturated carbocycles. The summed E-state index contributed by atoms with van der Waals surface area (Å²) in [6.07, 6.45) is 3.56. The van der Waals surface area contributed by atoms with Crippen molar-refractivity contribution in [2.45, 2.75) is 39.2 Å². The van der Waals surface area contributed by atoms with Crippen LogP contribution in [0.3, 0.4) is 0 Å². The van der Waals surface area contributed by atoms with E-state index in [-0.39, 0.29) is 5.41 Å². The number of nitrogens with zero attached hydrogens (tertiary/aromatic N) is 4. The van der Waals surface area contributed by atoms with E-state index in [9.17, 15) is 0 Å². The van der Waals surface area contributed by atoms with Crippen molar-refractivity contribution in [3.05, 3.63) is 24.3 Å². The molecule has 0 aliphatic heterocycles. The maximum absolute atomic E-state index is 6.04. The predicted octanol–water partition coefficient (Wildman–Crippen LogP) is 2.67. The van der Waals surface area contributed by atoms with Crippen LogP contribution in [0.4, 0.5) is 5.69 Å². The summed E-state index contributed by atoms with van der Waals surface area (Å²) in [7, 11) is 0. The van der Waals surface area contributed by atoms with E-state index < -0.39 is 0 Å². The van der Waals surface area contributed by atoms with Gasteiger partial charge >= 0.3 is 0 Å². The standard InChI is InChI=1S/C14H19N5/c1-14(2)9-5-8-12(14)19-13(16-17-18-19)10-6-3-4-7-11(10)15/h3-4,6-7,12H,5,8-9,15H2,1-2H3. The molecule has 0 radical (unpaired) electrons. The molecule has 1 fully saturated rings. The summed E-state index contributed by atoms with van der Waals surface area (Å²) in [4.78, 5) is 0. The minimum Gasteiger partial charge on any atom is -0.398 e. The van der Waals surface area contributed by atoms with Gasteiger partial charge in [0.15, 0.2) is 5.82 Å². The van der Waals surface area contributed by atoms with Crippen molar-refractivity contribution in [1.29, 1.82) is 0 Å². The van der Waals surface area contributed by atoms with Crippen LogP contribution < -0.4 is 5.73 Å². The molecule has 3 rings (SSSR count). The topological polar surface area (TPSA) is 69.6 Å². The molecule has 100 valence electrons. The summed E-state index contributed by atoms with van der Waals surface area (Å²) in [6.45, 7) is 4.56. The highest BCUT2D eigenvalue weighted by molar-refractivity contribution is 5.71. The van der Waals surface area contributed by atoms with Crippen LogP contribution in [0.5, 0.6) is 0 Å². The number of hydrogen-bond acceptors (Lipinski definition) is 4. The third kappa shape index (κ3) is 1.99. The Labute approximate surface area is 112 Å². The second-order valence-corrected chi connectivity index (χ2v) is 5.93. The highest BCUT2D eigenvalue weighted by Crippen LogP contribution is 2.46. The fraction of sp³-hybridized carbons (Fsp3) is 0.500. The Morgan fingerprint density at radius 3 is 2.79 bits per heavy atom. The molecule has 1 aromatic carbocycles. The van der Waals surface area contributed by atoms with Gasteiger partial charge in [-0.25, -0.2) is 4.68 Å². The zero-order valence-corrected chi connectivity index (χ0v) is 11.4. The van der Waals surface area contributed by atoms with Crippen LogP contribution in [0.2, 0.25) is 0 Å². The van der Waals surface area contributed by atoms with Crippen molar-refractivity contribution >= 4 is 5.69 Å². The molecule has 2 aromatic rings. The lowest BCUT2D eigenvalue weighted by atomic mass is 9.87. The third-order valence-corrected chi connectivity index (χ3v) is 4.19. The number of rotatable bonds is 2. The Bertz CT molecular complexity index is 587. The molecular formula is C14H19N5. The number of anilines is 1. The molecule has 1 atom stereocenters. The smallest absolute Gasteiger partial charge is 0.184 e. The van der Waals surface area contributed by atoms with E-state index >= 15 is 0 Å². The zero-order chi connectivity index (χ0) is 13.5. The summed E-state index contributed by atoms with van der Waals surface area (Å²) in [5.41, 5.74) is 7.90. The molecule has 0 spiro atoms. The molecule has 1 aliphatic rings. The van der Waals surface area contributed by atoms with E-state index in [0.717, 1.165) is 17.8 Å². The Kier molecular flexibility index (Phi) is 2.77. The number of tetrazole rings is 1. The van der Waals surface area contributed by atoms with Gasteiger partial charge in [-0.3, -0.25) is 0 Å². The number of nitrogen functional groups attached to an aromatic ring is 1. The van der Waals surface area contributed by atoms with Crippen molar-refractivity contribution in [2.24, 2.45) is 5.41 Å². The van der Waals surface area contributed by atoms with E-state index in [1.807, 2.05) is 28.9 Å². The second kappa shape index (κ2) is 4.33. The maximum Gasteiger partial charge on any atom is 0.184 e. The first-order valence-corrected chi connectivity index (χ1v) is 6.72. The molecule has 0 amide bonds. The summed E-state index contributed by atoms with van der Waals surface area (Å²) in [5, 5.41) is 12.2. The Hall–Kier alpha value is -1.91. The van der Waals surface area contributed by atoms with Gasteiger partial charge in [0.1, 0.15) is 0 Å². The molecule has 1 heterocycles. The van der Waals surface area contributed by atoms with Crippen LogP contribution in [0.15, 0.2) is 24.3 Å². The summed E-state index contributed by atoms with van der Waals surface area (Å²) >= 11 is 0. The lowest BCUT2D eigenvalue weighted by molar-refractivity contribution is 0.242. The van der Waals surface area contributed by atoms with Crippen LogP contribution in [0, 0.1) is 5.41 Å². The van der Waals surface area contributed by atoms with Gasteiger partial charge in [-0.1, -0.05) is 32.4 Å². The minimum absolute atomic E-state index is 0.230. The third-order valence-electron chi connectivity index (χ3n) is 4.19. The average molecular weight is 257 g/mol. The molecule has 2 N–H and O–H groups in total. The Morgan fingerprint density at radius 2 is 2.11 bits per heavy atom. The predicted molar refractivity (Wildman–Crippen MR) is 74.3 cm³/mol. The van der Waals surface area contributed by atoms with Gasteiger partial charge in [0.25, 0.3) is 0 Å². The average Bonchev–Trinajstić information content (AvgIpc) is 2.95. The lowest BCUT2D eigenvalue weighted by Crippen LogP contribution is -2.23. The molecule has 1 unspecified atom stereocenters. The van der Waals surface area contributed by atoms with Crippen LogP contribution >= 0.6 is 0 Å². The first-order chi connectivity index (χ1) is 9.09. The van der Waals surface area contributed by atoms with Gasteiger partial charge in [-0.2, -0.15) is 0 Å².